The normalized spacial score (nSPS) is 15.4. The Labute approximate surface area is 245 Å². The second-order valence-electron chi connectivity index (χ2n) is 9.95. The van der Waals surface area contributed by atoms with E-state index < -0.39 is 20.0 Å². The number of piperazine rings is 1. The number of sulfonamides is 2. The van der Waals surface area contributed by atoms with Gasteiger partial charge in [0.05, 0.1) is 21.3 Å². The van der Waals surface area contributed by atoms with Crippen molar-refractivity contribution in [3.8, 4) is 0 Å². The fraction of sp³-hybridized carbons (Fsp3) is 0.250. The quantitative estimate of drug-likeness (QED) is 0.260. The highest BCUT2D eigenvalue weighted by Gasteiger charge is 2.27. The van der Waals surface area contributed by atoms with E-state index in [4.69, 9.17) is 21.9 Å². The maximum atomic E-state index is 11.8. The van der Waals surface area contributed by atoms with Crippen molar-refractivity contribution in [2.45, 2.75) is 15.8 Å². The molecule has 2 heterocycles. The number of benzene rings is 3. The largest absolute Gasteiger partial charge is 0.383 e. The van der Waals surface area contributed by atoms with Crippen LogP contribution in [0.1, 0.15) is 17.2 Å². The van der Waals surface area contributed by atoms with E-state index >= 15 is 0 Å². The van der Waals surface area contributed by atoms with Crippen molar-refractivity contribution < 1.29 is 16.8 Å². The molecule has 13 heteroatoms. The number of pyridine rings is 1. The zero-order valence-corrected chi connectivity index (χ0v) is 24.5. The Bertz CT molecular complexity index is 1670. The van der Waals surface area contributed by atoms with E-state index in [0.717, 1.165) is 67.0 Å². The number of nitrogens with two attached hydrogens (primary N) is 2. The summed E-state index contributed by atoms with van der Waals surface area (Å²) < 4.78 is 47.2. The number of anilines is 1. The van der Waals surface area contributed by atoms with Gasteiger partial charge in [0.25, 0.3) is 0 Å². The van der Waals surface area contributed by atoms with E-state index in [0.29, 0.717) is 5.02 Å². The summed E-state index contributed by atoms with van der Waals surface area (Å²) in [6.45, 7) is 4.78. The zero-order chi connectivity index (χ0) is 29.2. The summed E-state index contributed by atoms with van der Waals surface area (Å²) in [4.78, 5) is 9.16. The Balaban J connectivity index is 1.28. The van der Waals surface area contributed by atoms with E-state index in [9.17, 15) is 16.8 Å². The molecule has 0 unspecified atom stereocenters. The highest BCUT2D eigenvalue weighted by atomic mass is 35.5. The minimum absolute atomic E-state index is 0.0342. The van der Waals surface area contributed by atoms with Crippen molar-refractivity contribution in [2.75, 3.05) is 44.6 Å². The van der Waals surface area contributed by atoms with Gasteiger partial charge in [0.1, 0.15) is 0 Å². The van der Waals surface area contributed by atoms with E-state index in [1.54, 1.807) is 30.5 Å². The van der Waals surface area contributed by atoms with Crippen LogP contribution in [0.15, 0.2) is 88.8 Å². The van der Waals surface area contributed by atoms with Crippen LogP contribution in [0, 0.1) is 0 Å². The molecular formula is C28H31ClN6O4S2. The second kappa shape index (κ2) is 12.0. The van der Waals surface area contributed by atoms with Crippen molar-refractivity contribution >= 4 is 48.2 Å². The molecule has 0 saturated carbocycles. The number of rotatable bonds is 9. The molecule has 5 rings (SSSR count). The lowest BCUT2D eigenvalue weighted by Crippen LogP contribution is -2.48. The summed E-state index contributed by atoms with van der Waals surface area (Å²) in [6, 6.07) is 20.4. The van der Waals surface area contributed by atoms with Gasteiger partial charge in [-0.3, -0.25) is 14.8 Å². The predicted octanol–water partition coefficient (Wildman–Crippen LogP) is 3.00. The topological polar surface area (TPSA) is 152 Å². The van der Waals surface area contributed by atoms with Gasteiger partial charge in [-0.05, 0) is 59.7 Å². The first-order valence-corrected chi connectivity index (χ1v) is 16.5. The van der Waals surface area contributed by atoms with Gasteiger partial charge in [0.2, 0.25) is 20.0 Å². The summed E-state index contributed by atoms with van der Waals surface area (Å²) in [5.74, 6) is 0. The number of halogens is 1. The van der Waals surface area contributed by atoms with E-state index in [-0.39, 0.29) is 15.8 Å². The third kappa shape index (κ3) is 7.04. The Morgan fingerprint density at radius 2 is 1.37 bits per heavy atom. The van der Waals surface area contributed by atoms with Crippen molar-refractivity contribution in [2.24, 2.45) is 10.3 Å². The number of hydrogen-bond donors (Lipinski definition) is 3. The van der Waals surface area contributed by atoms with Gasteiger partial charge >= 0.3 is 0 Å². The molecular weight excluding hydrogens is 584 g/mol. The van der Waals surface area contributed by atoms with E-state index in [1.807, 2.05) is 24.3 Å². The van der Waals surface area contributed by atoms with Gasteiger partial charge in [0.15, 0.2) is 0 Å². The molecule has 0 bridgehead atoms. The molecule has 1 aliphatic rings. The van der Waals surface area contributed by atoms with Crippen LogP contribution in [0.2, 0.25) is 5.02 Å². The van der Waals surface area contributed by atoms with Crippen molar-refractivity contribution in [1.29, 1.82) is 0 Å². The number of primary sulfonamides is 2. The van der Waals surface area contributed by atoms with Crippen molar-refractivity contribution in [1.82, 2.24) is 14.8 Å². The fourth-order valence-corrected chi connectivity index (χ4v) is 6.36. The Morgan fingerprint density at radius 1 is 0.805 bits per heavy atom. The third-order valence-electron chi connectivity index (χ3n) is 7.27. The molecule has 5 N–H and O–H groups in total. The summed E-state index contributed by atoms with van der Waals surface area (Å²) in [7, 11) is -7.65. The molecule has 216 valence electrons. The van der Waals surface area contributed by atoms with Crippen LogP contribution in [-0.2, 0) is 20.0 Å². The zero-order valence-electron chi connectivity index (χ0n) is 22.1. The van der Waals surface area contributed by atoms with Crippen LogP contribution < -0.4 is 15.6 Å². The highest BCUT2D eigenvalue weighted by molar-refractivity contribution is 7.89. The summed E-state index contributed by atoms with van der Waals surface area (Å²) >= 11 is 6.11. The van der Waals surface area contributed by atoms with Crippen LogP contribution in [0.3, 0.4) is 0 Å². The van der Waals surface area contributed by atoms with Crippen LogP contribution in [0.4, 0.5) is 5.69 Å². The first-order chi connectivity index (χ1) is 19.5. The number of fused-ring (bicyclic) bond motifs is 1. The standard InChI is InChI=1S/C28H31ClN6O4S2/c29-22-5-10-25-26(11-12-32-27(25)19-22)33-13-14-34-15-17-35(18-16-34)28(20-1-6-23(7-2-20)40(30,36)37)21-3-8-24(9-4-21)41(31,38)39/h1-12,19,28H,13-18H2,(H,32,33)(H2,30,36,37)(H2,31,38,39). The van der Waals surface area contributed by atoms with Crippen molar-refractivity contribution in [3.63, 3.8) is 0 Å². The lowest BCUT2D eigenvalue weighted by molar-refractivity contribution is 0.112. The fourth-order valence-electron chi connectivity index (χ4n) is 5.16. The molecule has 0 aliphatic carbocycles. The van der Waals surface area contributed by atoms with E-state index in [2.05, 4.69) is 20.1 Å². The third-order valence-corrected chi connectivity index (χ3v) is 9.36. The molecule has 0 spiro atoms. The maximum absolute atomic E-state index is 11.8. The van der Waals surface area contributed by atoms with Gasteiger partial charge in [-0.15, -0.1) is 0 Å². The molecule has 1 aromatic heterocycles. The van der Waals surface area contributed by atoms with Gasteiger partial charge in [0, 0.05) is 61.6 Å². The van der Waals surface area contributed by atoms with Gasteiger partial charge in [-0.25, -0.2) is 27.1 Å². The first-order valence-electron chi connectivity index (χ1n) is 13.0. The monoisotopic (exact) mass is 614 g/mol. The lowest BCUT2D eigenvalue weighted by Gasteiger charge is -2.40. The molecule has 1 saturated heterocycles. The van der Waals surface area contributed by atoms with Crippen LogP contribution in [0.25, 0.3) is 10.9 Å². The van der Waals surface area contributed by atoms with Crippen molar-refractivity contribution in [3.05, 3.63) is 95.1 Å². The molecule has 1 aliphatic heterocycles. The molecule has 0 amide bonds. The summed E-state index contributed by atoms with van der Waals surface area (Å²) in [5.41, 5.74) is 3.61. The minimum Gasteiger partial charge on any atom is -0.383 e. The molecule has 1 fully saturated rings. The predicted molar refractivity (Wildman–Crippen MR) is 161 cm³/mol. The van der Waals surface area contributed by atoms with Crippen LogP contribution in [-0.4, -0.2) is 70.9 Å². The molecule has 10 nitrogen and oxygen atoms in total. The van der Waals surface area contributed by atoms with Gasteiger partial charge in [-0.2, -0.15) is 0 Å². The minimum atomic E-state index is -3.82. The average Bonchev–Trinajstić information content (AvgIpc) is 2.93. The molecule has 0 radical (unpaired) electrons. The van der Waals surface area contributed by atoms with Crippen LogP contribution in [0.5, 0.6) is 0 Å². The summed E-state index contributed by atoms with van der Waals surface area (Å²) in [5, 5.41) is 15.8. The Morgan fingerprint density at radius 3 is 1.90 bits per heavy atom. The average molecular weight is 615 g/mol. The lowest BCUT2D eigenvalue weighted by atomic mass is 9.96. The number of aromatic nitrogens is 1. The Hall–Kier alpha value is -3.10. The maximum Gasteiger partial charge on any atom is 0.238 e. The first kappa shape index (κ1) is 29.4. The molecule has 4 aromatic rings. The smallest absolute Gasteiger partial charge is 0.238 e. The van der Waals surface area contributed by atoms with Crippen LogP contribution >= 0.6 is 11.6 Å². The SMILES string of the molecule is NS(=O)(=O)c1ccc(C(c2ccc(S(N)(=O)=O)cc2)N2CCN(CCNc3ccnc4cc(Cl)ccc34)CC2)cc1. The number of hydrogen-bond acceptors (Lipinski definition) is 8. The second-order valence-corrected chi connectivity index (χ2v) is 13.5. The Kier molecular flexibility index (Phi) is 8.62. The number of nitrogens with zero attached hydrogens (tertiary/aromatic N) is 3. The molecule has 3 aromatic carbocycles. The van der Waals surface area contributed by atoms with Gasteiger partial charge in [-0.1, -0.05) is 35.9 Å². The molecule has 0 atom stereocenters. The molecule has 41 heavy (non-hydrogen) atoms. The highest BCUT2D eigenvalue weighted by Crippen LogP contribution is 2.31. The van der Waals surface area contributed by atoms with E-state index in [1.165, 1.54) is 24.3 Å². The van der Waals surface area contributed by atoms with Gasteiger partial charge < -0.3 is 5.32 Å². The summed E-state index contributed by atoms with van der Waals surface area (Å²) in [6.07, 6.45) is 1.77. The number of nitrogens with one attached hydrogen (secondary N) is 1.